The number of rotatable bonds is 4. The van der Waals surface area contributed by atoms with Crippen LogP contribution in [0.25, 0.3) is 10.8 Å². The maximum atomic E-state index is 12.1. The molecule has 1 heterocycles. The first kappa shape index (κ1) is 13.1. The number of nitrogens with one attached hydrogen (secondary N) is 1. The summed E-state index contributed by atoms with van der Waals surface area (Å²) in [4.78, 5) is 12.1. The number of hydrogen-bond donors (Lipinski definition) is 2. The molecule has 0 radical (unpaired) electrons. The number of fused-ring (bicyclic) bond motifs is 1. The van der Waals surface area contributed by atoms with Crippen molar-refractivity contribution in [3.05, 3.63) is 54.4 Å². The lowest BCUT2D eigenvalue weighted by molar-refractivity contribution is 0.0949. The van der Waals surface area contributed by atoms with E-state index in [-0.39, 0.29) is 17.2 Å². The van der Waals surface area contributed by atoms with E-state index in [1.54, 1.807) is 29.2 Å². The zero-order valence-electron chi connectivity index (χ0n) is 11.2. The van der Waals surface area contributed by atoms with E-state index in [0.717, 1.165) is 10.8 Å². The van der Waals surface area contributed by atoms with E-state index < -0.39 is 0 Å². The summed E-state index contributed by atoms with van der Waals surface area (Å²) in [5.41, 5.74) is 0.271. The lowest BCUT2D eigenvalue weighted by Crippen LogP contribution is -2.27. The molecule has 0 saturated heterocycles. The summed E-state index contributed by atoms with van der Waals surface area (Å²) in [6.45, 7) is 0.939. The smallest absolute Gasteiger partial charge is 0.255 e. The number of aromatic nitrogens is 3. The maximum Gasteiger partial charge on any atom is 0.255 e. The van der Waals surface area contributed by atoms with Crippen LogP contribution in [-0.2, 0) is 6.54 Å². The Balaban J connectivity index is 1.73. The van der Waals surface area contributed by atoms with Gasteiger partial charge in [0.05, 0.1) is 18.3 Å². The maximum absolute atomic E-state index is 12.1. The first-order valence-corrected chi connectivity index (χ1v) is 6.58. The van der Waals surface area contributed by atoms with E-state index in [1.807, 2.05) is 24.3 Å². The number of carbonyl (C=O) groups is 1. The SMILES string of the molecule is O=C(NCCn1ccnn1)c1cc2ccccc2cc1O. The van der Waals surface area contributed by atoms with Gasteiger partial charge < -0.3 is 10.4 Å². The molecule has 0 aliphatic carbocycles. The lowest BCUT2D eigenvalue weighted by Gasteiger charge is -2.08. The van der Waals surface area contributed by atoms with Crippen LogP contribution in [0, 0.1) is 0 Å². The summed E-state index contributed by atoms with van der Waals surface area (Å²) in [6, 6.07) is 10.9. The molecule has 0 fully saturated rings. The molecule has 0 aliphatic heterocycles. The first-order valence-electron chi connectivity index (χ1n) is 6.58. The van der Waals surface area contributed by atoms with Gasteiger partial charge in [-0.1, -0.05) is 29.5 Å². The van der Waals surface area contributed by atoms with Gasteiger partial charge in [0.25, 0.3) is 5.91 Å². The Bertz CT molecular complexity index is 768. The van der Waals surface area contributed by atoms with E-state index in [9.17, 15) is 9.90 Å². The predicted octanol–water partition coefficient (Wildman–Crippen LogP) is 1.57. The Morgan fingerprint density at radius 1 is 1.24 bits per heavy atom. The van der Waals surface area contributed by atoms with Crippen molar-refractivity contribution in [2.45, 2.75) is 6.54 Å². The monoisotopic (exact) mass is 282 g/mol. The van der Waals surface area contributed by atoms with Gasteiger partial charge in [-0.3, -0.25) is 9.48 Å². The van der Waals surface area contributed by atoms with Crippen molar-refractivity contribution < 1.29 is 9.90 Å². The molecular formula is C15H14N4O2. The molecule has 2 aromatic carbocycles. The van der Waals surface area contributed by atoms with Crippen molar-refractivity contribution >= 4 is 16.7 Å². The standard InChI is InChI=1S/C15H14N4O2/c20-14-10-12-4-2-1-3-11(12)9-13(14)15(21)16-5-7-19-8-6-17-18-19/h1-4,6,8-10,20H,5,7H2,(H,16,21). The van der Waals surface area contributed by atoms with E-state index in [4.69, 9.17) is 0 Å². The molecule has 21 heavy (non-hydrogen) atoms. The summed E-state index contributed by atoms with van der Waals surface area (Å²) in [6.07, 6.45) is 3.30. The van der Waals surface area contributed by atoms with Crippen molar-refractivity contribution in [2.75, 3.05) is 6.54 Å². The summed E-state index contributed by atoms with van der Waals surface area (Å²) >= 11 is 0. The number of hydrogen-bond acceptors (Lipinski definition) is 4. The predicted molar refractivity (Wildman–Crippen MR) is 78.0 cm³/mol. The quantitative estimate of drug-likeness (QED) is 0.761. The second-order valence-electron chi connectivity index (χ2n) is 4.64. The number of phenols is 1. The largest absolute Gasteiger partial charge is 0.507 e. The summed E-state index contributed by atoms with van der Waals surface area (Å²) in [5.74, 6) is -0.328. The van der Waals surface area contributed by atoms with Crippen LogP contribution in [0.2, 0.25) is 0 Å². The van der Waals surface area contributed by atoms with E-state index in [2.05, 4.69) is 15.6 Å². The van der Waals surface area contributed by atoms with Gasteiger partial charge in [-0.2, -0.15) is 0 Å². The molecule has 1 amide bonds. The van der Waals surface area contributed by atoms with E-state index in [1.165, 1.54) is 0 Å². The topological polar surface area (TPSA) is 80.0 Å². The van der Waals surface area contributed by atoms with E-state index in [0.29, 0.717) is 13.1 Å². The highest BCUT2D eigenvalue weighted by Gasteiger charge is 2.11. The van der Waals surface area contributed by atoms with Gasteiger partial charge in [-0.05, 0) is 22.9 Å². The van der Waals surface area contributed by atoms with Gasteiger partial charge in [-0.25, -0.2) is 0 Å². The fraction of sp³-hybridized carbons (Fsp3) is 0.133. The zero-order valence-corrected chi connectivity index (χ0v) is 11.2. The van der Waals surface area contributed by atoms with Gasteiger partial charge in [0.15, 0.2) is 0 Å². The zero-order chi connectivity index (χ0) is 14.7. The van der Waals surface area contributed by atoms with Crippen molar-refractivity contribution in [2.24, 2.45) is 0 Å². The highest BCUT2D eigenvalue weighted by Crippen LogP contribution is 2.24. The molecule has 2 N–H and O–H groups in total. The van der Waals surface area contributed by atoms with E-state index >= 15 is 0 Å². The fourth-order valence-electron chi connectivity index (χ4n) is 2.14. The minimum absolute atomic E-state index is 0.0213. The van der Waals surface area contributed by atoms with Crippen LogP contribution in [-0.4, -0.2) is 32.6 Å². The molecule has 0 bridgehead atoms. The number of amides is 1. The second-order valence-corrected chi connectivity index (χ2v) is 4.64. The van der Waals surface area contributed by atoms with Crippen LogP contribution in [0.15, 0.2) is 48.8 Å². The van der Waals surface area contributed by atoms with Crippen LogP contribution in [0.4, 0.5) is 0 Å². The molecule has 6 heteroatoms. The molecule has 6 nitrogen and oxygen atoms in total. The molecule has 1 aromatic heterocycles. The number of aromatic hydroxyl groups is 1. The second kappa shape index (κ2) is 5.62. The Hall–Kier alpha value is -2.89. The van der Waals surface area contributed by atoms with Gasteiger partial charge >= 0.3 is 0 Å². The van der Waals surface area contributed by atoms with Crippen molar-refractivity contribution in [1.82, 2.24) is 20.3 Å². The lowest BCUT2D eigenvalue weighted by atomic mass is 10.1. The van der Waals surface area contributed by atoms with Gasteiger partial charge in [-0.15, -0.1) is 5.10 Å². The molecule has 0 aliphatic rings. The van der Waals surface area contributed by atoms with Gasteiger partial charge in [0.2, 0.25) is 0 Å². The number of benzene rings is 2. The third-order valence-corrected chi connectivity index (χ3v) is 3.21. The highest BCUT2D eigenvalue weighted by molar-refractivity contribution is 6.01. The molecule has 106 valence electrons. The normalized spacial score (nSPS) is 10.7. The summed E-state index contributed by atoms with van der Waals surface area (Å²) in [5, 5.41) is 22.0. The minimum atomic E-state index is -0.307. The van der Waals surface area contributed by atoms with Crippen LogP contribution in [0.5, 0.6) is 5.75 Å². The van der Waals surface area contributed by atoms with Crippen LogP contribution >= 0.6 is 0 Å². The molecular weight excluding hydrogens is 268 g/mol. The molecule has 0 atom stereocenters. The molecule has 0 unspecified atom stereocenters. The van der Waals surface area contributed by atoms with Crippen molar-refractivity contribution in [1.29, 1.82) is 0 Å². The Morgan fingerprint density at radius 2 is 2.00 bits per heavy atom. The average molecular weight is 282 g/mol. The first-order chi connectivity index (χ1) is 10.2. The molecule has 0 spiro atoms. The van der Waals surface area contributed by atoms with Crippen LogP contribution in [0.3, 0.4) is 0 Å². The van der Waals surface area contributed by atoms with Crippen LogP contribution in [0.1, 0.15) is 10.4 Å². The van der Waals surface area contributed by atoms with Crippen LogP contribution < -0.4 is 5.32 Å². The minimum Gasteiger partial charge on any atom is -0.507 e. The van der Waals surface area contributed by atoms with Crippen molar-refractivity contribution in [3.8, 4) is 5.75 Å². The molecule has 3 rings (SSSR count). The van der Waals surface area contributed by atoms with Crippen molar-refractivity contribution in [3.63, 3.8) is 0 Å². The summed E-state index contributed by atoms with van der Waals surface area (Å²) in [7, 11) is 0. The fourth-order valence-corrected chi connectivity index (χ4v) is 2.14. The Morgan fingerprint density at radius 3 is 2.71 bits per heavy atom. The number of phenolic OH excluding ortho intramolecular Hbond substituents is 1. The Labute approximate surface area is 121 Å². The highest BCUT2D eigenvalue weighted by atomic mass is 16.3. The third kappa shape index (κ3) is 2.84. The third-order valence-electron chi connectivity index (χ3n) is 3.21. The summed E-state index contributed by atoms with van der Waals surface area (Å²) < 4.78 is 1.63. The van der Waals surface area contributed by atoms with Gasteiger partial charge in [0, 0.05) is 12.7 Å². The Kier molecular flexibility index (Phi) is 3.51. The van der Waals surface area contributed by atoms with Gasteiger partial charge in [0.1, 0.15) is 5.75 Å². The number of carbonyl (C=O) groups excluding carboxylic acids is 1. The number of nitrogens with zero attached hydrogens (tertiary/aromatic N) is 3. The molecule has 3 aromatic rings. The average Bonchev–Trinajstić information content (AvgIpc) is 2.99. The molecule has 0 saturated carbocycles.